The molecule has 1 heterocycles. The number of carbonyl (C=O) groups excluding carboxylic acids is 2. The van der Waals surface area contributed by atoms with E-state index in [4.69, 9.17) is 9.47 Å². The van der Waals surface area contributed by atoms with E-state index < -0.39 is 34.1 Å². The molecular formula is C31H37N3O6S. The highest BCUT2D eigenvalue weighted by Crippen LogP contribution is 2.36. The van der Waals surface area contributed by atoms with Crippen molar-refractivity contribution in [1.29, 1.82) is 0 Å². The van der Waals surface area contributed by atoms with Crippen LogP contribution in [0.15, 0.2) is 72.8 Å². The van der Waals surface area contributed by atoms with E-state index in [1.54, 1.807) is 12.1 Å². The smallest absolute Gasteiger partial charge is 0.244 e. The predicted octanol–water partition coefficient (Wildman–Crippen LogP) is 4.04. The standard InChI is InChI=1S/C31H37N3O6S/c1-22-11-9-10-14-24(22)19-33(26(30(36)32-31(2,3)4)17-23-12-7-6-8-13-23)29(35)20-34(41(5,37)38)25-15-16-27-28(18-25)40-21-39-27/h6-16,18,26H,17,19-21H2,1-5H3,(H,32,36). The van der Waals surface area contributed by atoms with Gasteiger partial charge in [-0.3, -0.25) is 13.9 Å². The molecule has 0 saturated carbocycles. The van der Waals surface area contributed by atoms with Crippen molar-refractivity contribution in [3.63, 3.8) is 0 Å². The Morgan fingerprint density at radius 1 is 0.951 bits per heavy atom. The minimum absolute atomic E-state index is 0.0326. The molecule has 3 aromatic rings. The molecule has 9 nitrogen and oxygen atoms in total. The third-order valence-electron chi connectivity index (χ3n) is 6.69. The Labute approximate surface area is 242 Å². The van der Waals surface area contributed by atoms with Gasteiger partial charge in [0.2, 0.25) is 28.6 Å². The van der Waals surface area contributed by atoms with E-state index in [-0.39, 0.29) is 31.4 Å². The van der Waals surface area contributed by atoms with Gasteiger partial charge in [0.25, 0.3) is 0 Å². The number of carbonyl (C=O) groups is 2. The molecule has 0 aromatic heterocycles. The van der Waals surface area contributed by atoms with Crippen LogP contribution in [0, 0.1) is 6.92 Å². The van der Waals surface area contributed by atoms with Crippen LogP contribution in [0.4, 0.5) is 5.69 Å². The molecule has 4 rings (SSSR count). The van der Waals surface area contributed by atoms with Crippen LogP contribution in [0.5, 0.6) is 11.5 Å². The molecule has 3 aromatic carbocycles. The van der Waals surface area contributed by atoms with Crippen LogP contribution < -0.4 is 19.1 Å². The van der Waals surface area contributed by atoms with Gasteiger partial charge in [0.1, 0.15) is 12.6 Å². The normalized spacial score (nSPS) is 13.4. The molecule has 0 radical (unpaired) electrons. The number of nitrogens with one attached hydrogen (secondary N) is 1. The first-order chi connectivity index (χ1) is 19.3. The molecule has 1 N–H and O–H groups in total. The molecule has 1 aliphatic rings. The molecule has 0 bridgehead atoms. The monoisotopic (exact) mass is 579 g/mol. The molecule has 41 heavy (non-hydrogen) atoms. The summed E-state index contributed by atoms with van der Waals surface area (Å²) in [6.45, 7) is 7.23. The van der Waals surface area contributed by atoms with E-state index in [0.29, 0.717) is 11.5 Å². The molecule has 218 valence electrons. The average Bonchev–Trinajstić information content (AvgIpc) is 3.37. The van der Waals surface area contributed by atoms with Crippen molar-refractivity contribution in [3.8, 4) is 11.5 Å². The lowest BCUT2D eigenvalue weighted by Crippen LogP contribution is -2.56. The topological polar surface area (TPSA) is 105 Å². The average molecular weight is 580 g/mol. The first-order valence-corrected chi connectivity index (χ1v) is 15.2. The number of aryl methyl sites for hydroxylation is 1. The van der Waals surface area contributed by atoms with Crippen LogP contribution in [-0.2, 0) is 32.6 Å². The van der Waals surface area contributed by atoms with Gasteiger partial charge in [0.05, 0.1) is 11.9 Å². The summed E-state index contributed by atoms with van der Waals surface area (Å²) >= 11 is 0. The fourth-order valence-electron chi connectivity index (χ4n) is 4.63. The van der Waals surface area contributed by atoms with E-state index in [9.17, 15) is 18.0 Å². The Hall–Kier alpha value is -4.05. The highest BCUT2D eigenvalue weighted by molar-refractivity contribution is 7.92. The van der Waals surface area contributed by atoms with Crippen LogP contribution in [0.3, 0.4) is 0 Å². The second-order valence-corrected chi connectivity index (χ2v) is 13.1. The quantitative estimate of drug-likeness (QED) is 0.389. The number of rotatable bonds is 10. The number of hydrogen-bond acceptors (Lipinski definition) is 6. The van der Waals surface area contributed by atoms with Gasteiger partial charge in [-0.05, 0) is 56.5 Å². The van der Waals surface area contributed by atoms with Crippen LogP contribution in [0.1, 0.15) is 37.5 Å². The summed E-state index contributed by atoms with van der Waals surface area (Å²) in [5.74, 6) is 0.0574. The highest BCUT2D eigenvalue weighted by atomic mass is 32.2. The van der Waals surface area contributed by atoms with Crippen LogP contribution >= 0.6 is 0 Å². The minimum Gasteiger partial charge on any atom is -0.454 e. The SMILES string of the molecule is Cc1ccccc1CN(C(=O)CN(c1ccc2c(c1)OCO2)S(C)(=O)=O)C(Cc1ccccc1)C(=O)NC(C)(C)C. The van der Waals surface area contributed by atoms with Gasteiger partial charge in [0, 0.05) is 24.6 Å². The Bertz CT molecular complexity index is 1500. The largest absolute Gasteiger partial charge is 0.454 e. The van der Waals surface area contributed by atoms with E-state index in [1.807, 2.05) is 82.3 Å². The van der Waals surface area contributed by atoms with Gasteiger partial charge in [0.15, 0.2) is 11.5 Å². The van der Waals surface area contributed by atoms with Gasteiger partial charge in [-0.1, -0.05) is 54.6 Å². The summed E-state index contributed by atoms with van der Waals surface area (Å²) in [7, 11) is -3.89. The Balaban J connectivity index is 1.75. The third kappa shape index (κ3) is 7.79. The van der Waals surface area contributed by atoms with Crippen molar-refractivity contribution in [2.24, 2.45) is 0 Å². The molecule has 1 unspecified atom stereocenters. The van der Waals surface area contributed by atoms with Crippen LogP contribution in [0.2, 0.25) is 0 Å². The molecule has 0 spiro atoms. The Morgan fingerprint density at radius 3 is 2.27 bits per heavy atom. The molecular weight excluding hydrogens is 542 g/mol. The van der Waals surface area contributed by atoms with Crippen molar-refractivity contribution in [2.45, 2.75) is 52.2 Å². The first-order valence-electron chi connectivity index (χ1n) is 13.4. The maximum absolute atomic E-state index is 14.2. The number of amides is 2. The minimum atomic E-state index is -3.89. The maximum Gasteiger partial charge on any atom is 0.244 e. The fraction of sp³-hybridized carbons (Fsp3) is 0.355. The zero-order chi connectivity index (χ0) is 29.8. The van der Waals surface area contributed by atoms with Crippen LogP contribution in [-0.4, -0.2) is 56.3 Å². The Morgan fingerprint density at radius 2 is 1.61 bits per heavy atom. The lowest BCUT2D eigenvalue weighted by atomic mass is 10.00. The number of fused-ring (bicyclic) bond motifs is 1. The fourth-order valence-corrected chi connectivity index (χ4v) is 5.47. The zero-order valence-corrected chi connectivity index (χ0v) is 24.9. The molecule has 2 amide bonds. The number of ether oxygens (including phenoxy) is 2. The summed E-state index contributed by atoms with van der Waals surface area (Å²) in [6, 6.07) is 20.9. The third-order valence-corrected chi connectivity index (χ3v) is 7.84. The van der Waals surface area contributed by atoms with Gasteiger partial charge >= 0.3 is 0 Å². The molecule has 10 heteroatoms. The lowest BCUT2D eigenvalue weighted by Gasteiger charge is -2.35. The number of sulfonamides is 1. The van der Waals surface area contributed by atoms with Gasteiger partial charge in [-0.2, -0.15) is 0 Å². The second-order valence-electron chi connectivity index (χ2n) is 11.2. The van der Waals surface area contributed by atoms with Gasteiger partial charge in [-0.15, -0.1) is 0 Å². The summed E-state index contributed by atoms with van der Waals surface area (Å²) < 4.78 is 37.8. The zero-order valence-electron chi connectivity index (χ0n) is 24.1. The lowest BCUT2D eigenvalue weighted by molar-refractivity contribution is -0.140. The van der Waals surface area contributed by atoms with Gasteiger partial charge in [-0.25, -0.2) is 8.42 Å². The highest BCUT2D eigenvalue weighted by Gasteiger charge is 2.34. The van der Waals surface area contributed by atoms with Crippen molar-refractivity contribution in [1.82, 2.24) is 10.2 Å². The molecule has 1 aliphatic heterocycles. The number of benzene rings is 3. The Kier molecular flexibility index (Phi) is 8.92. The van der Waals surface area contributed by atoms with E-state index in [2.05, 4.69) is 5.32 Å². The first kappa shape index (κ1) is 29.9. The van der Waals surface area contributed by atoms with Crippen molar-refractivity contribution in [3.05, 3.63) is 89.5 Å². The van der Waals surface area contributed by atoms with E-state index >= 15 is 0 Å². The summed E-state index contributed by atoms with van der Waals surface area (Å²) in [4.78, 5) is 29.5. The number of nitrogens with zero attached hydrogens (tertiary/aromatic N) is 2. The van der Waals surface area contributed by atoms with E-state index in [0.717, 1.165) is 27.3 Å². The number of hydrogen-bond donors (Lipinski definition) is 1. The maximum atomic E-state index is 14.2. The molecule has 0 aliphatic carbocycles. The van der Waals surface area contributed by atoms with Crippen molar-refractivity contribution < 1.29 is 27.5 Å². The number of anilines is 1. The molecule has 0 saturated heterocycles. The molecule has 0 fully saturated rings. The van der Waals surface area contributed by atoms with E-state index in [1.165, 1.54) is 11.0 Å². The summed E-state index contributed by atoms with van der Waals surface area (Å²) in [5, 5.41) is 3.02. The summed E-state index contributed by atoms with van der Waals surface area (Å²) in [6.07, 6.45) is 1.30. The predicted molar refractivity (Wildman–Crippen MR) is 158 cm³/mol. The molecule has 1 atom stereocenters. The van der Waals surface area contributed by atoms with Gasteiger partial charge < -0.3 is 19.7 Å². The van der Waals surface area contributed by atoms with Crippen LogP contribution in [0.25, 0.3) is 0 Å². The van der Waals surface area contributed by atoms with Crippen molar-refractivity contribution in [2.75, 3.05) is 23.9 Å². The second kappa shape index (κ2) is 12.2. The summed E-state index contributed by atoms with van der Waals surface area (Å²) in [5.41, 5.74) is 2.40. The van der Waals surface area contributed by atoms with Crippen molar-refractivity contribution >= 4 is 27.5 Å².